The number of rotatable bonds is 4. The first-order valence-electron chi connectivity index (χ1n) is 9.14. The third-order valence-corrected chi connectivity index (χ3v) is 5.24. The average molecular weight is 295 g/mol. The van der Waals surface area contributed by atoms with Gasteiger partial charge >= 0.3 is 0 Å². The van der Waals surface area contributed by atoms with Crippen LogP contribution in [0.4, 0.5) is 0 Å². The van der Waals surface area contributed by atoms with Gasteiger partial charge in [0.25, 0.3) is 0 Å². The van der Waals surface area contributed by atoms with Crippen LogP contribution in [-0.4, -0.2) is 36.6 Å². The molecule has 0 radical (unpaired) electrons. The van der Waals surface area contributed by atoms with E-state index in [-0.39, 0.29) is 0 Å². The monoisotopic (exact) mass is 294 g/mol. The molecule has 0 spiro atoms. The van der Waals surface area contributed by atoms with Gasteiger partial charge in [-0.05, 0) is 61.9 Å². The number of likely N-dealkylation sites (tertiary alicyclic amines) is 1. The maximum absolute atomic E-state index is 4.02. The molecule has 2 fully saturated rings. The van der Waals surface area contributed by atoms with Crippen LogP contribution in [0.2, 0.25) is 0 Å². The van der Waals surface area contributed by atoms with Crippen molar-refractivity contribution in [3.8, 4) is 0 Å². The zero-order chi connectivity index (χ0) is 15.7. The van der Waals surface area contributed by atoms with Gasteiger partial charge in [-0.15, -0.1) is 0 Å². The Balaban J connectivity index is 1.80. The number of hydrogen-bond donors (Lipinski definition) is 1. The molecule has 0 amide bonds. The van der Waals surface area contributed by atoms with Gasteiger partial charge in [-0.25, -0.2) is 0 Å². The largest absolute Gasteiger partial charge is 0.311 e. The Bertz CT molecular complexity index is 308. The summed E-state index contributed by atoms with van der Waals surface area (Å²) in [6.45, 7) is 18.3. The minimum absolute atomic E-state index is 0.498. The first kappa shape index (κ1) is 17.3. The van der Waals surface area contributed by atoms with Crippen LogP contribution in [0, 0.1) is 16.7 Å². The Hall–Kier alpha value is -0.0800. The third-order valence-electron chi connectivity index (χ3n) is 5.24. The van der Waals surface area contributed by atoms with Crippen molar-refractivity contribution in [2.75, 3.05) is 19.6 Å². The molecular formula is C19H38N2. The van der Waals surface area contributed by atoms with E-state index in [0.717, 1.165) is 18.0 Å². The van der Waals surface area contributed by atoms with Gasteiger partial charge in [0.05, 0.1) is 0 Å². The topological polar surface area (TPSA) is 15.3 Å². The normalized spacial score (nSPS) is 28.1. The summed E-state index contributed by atoms with van der Waals surface area (Å²) in [4.78, 5) is 2.65. The van der Waals surface area contributed by atoms with Crippen LogP contribution < -0.4 is 5.32 Å². The fourth-order valence-corrected chi connectivity index (χ4v) is 5.10. The molecule has 0 atom stereocenters. The molecule has 0 bridgehead atoms. The molecule has 0 aromatic carbocycles. The van der Waals surface area contributed by atoms with Gasteiger partial charge in [-0.3, -0.25) is 0 Å². The quantitative estimate of drug-likeness (QED) is 0.831. The van der Waals surface area contributed by atoms with Gasteiger partial charge in [0, 0.05) is 18.6 Å². The predicted octanol–water partition coefficient (Wildman–Crippen LogP) is 4.30. The molecule has 0 unspecified atom stereocenters. The molecule has 0 aromatic heterocycles. The summed E-state index contributed by atoms with van der Waals surface area (Å²) in [5.41, 5.74) is 0.996. The highest BCUT2D eigenvalue weighted by molar-refractivity contribution is 4.94. The summed E-state index contributed by atoms with van der Waals surface area (Å²) in [7, 11) is 0. The Morgan fingerprint density at radius 3 is 1.95 bits per heavy atom. The zero-order valence-electron chi connectivity index (χ0n) is 15.3. The number of nitrogens with zero attached hydrogens (tertiary/aromatic N) is 1. The van der Waals surface area contributed by atoms with Crippen LogP contribution in [-0.2, 0) is 0 Å². The van der Waals surface area contributed by atoms with E-state index < -0.39 is 0 Å². The van der Waals surface area contributed by atoms with E-state index in [1.165, 1.54) is 51.7 Å². The summed E-state index contributed by atoms with van der Waals surface area (Å²) in [6, 6.07) is 1.48. The van der Waals surface area contributed by atoms with E-state index in [1.54, 1.807) is 0 Å². The molecule has 1 heterocycles. The molecule has 1 saturated heterocycles. The first-order chi connectivity index (χ1) is 9.65. The average Bonchev–Trinajstić information content (AvgIpc) is 2.26. The van der Waals surface area contributed by atoms with E-state index in [4.69, 9.17) is 0 Å². The highest BCUT2D eigenvalue weighted by Gasteiger charge is 2.39. The molecule has 2 heteroatoms. The molecule has 21 heavy (non-hydrogen) atoms. The SMILES string of the molecule is CC(C)CN1CCC(NC2CC(C)(C)CC(C)(C)C2)CC1. The lowest BCUT2D eigenvalue weighted by Crippen LogP contribution is -2.51. The van der Waals surface area contributed by atoms with Crippen molar-refractivity contribution in [3.63, 3.8) is 0 Å². The van der Waals surface area contributed by atoms with Gasteiger partial charge in [0.2, 0.25) is 0 Å². The fourth-order valence-electron chi connectivity index (χ4n) is 5.10. The molecule has 0 aromatic rings. The highest BCUT2D eigenvalue weighted by atomic mass is 15.1. The van der Waals surface area contributed by atoms with Crippen LogP contribution in [0.25, 0.3) is 0 Å². The number of piperidine rings is 1. The van der Waals surface area contributed by atoms with Crippen LogP contribution in [0.15, 0.2) is 0 Å². The van der Waals surface area contributed by atoms with E-state index >= 15 is 0 Å². The fraction of sp³-hybridized carbons (Fsp3) is 1.00. The standard InChI is InChI=1S/C19H38N2/c1-15(2)13-21-9-7-16(8-10-21)20-17-11-18(3,4)14-19(5,6)12-17/h15-17,20H,7-14H2,1-6H3. The molecular weight excluding hydrogens is 256 g/mol. The van der Waals surface area contributed by atoms with E-state index in [1.807, 2.05) is 0 Å². The van der Waals surface area contributed by atoms with Gasteiger partial charge in [-0.2, -0.15) is 0 Å². The van der Waals surface area contributed by atoms with Gasteiger partial charge in [0.1, 0.15) is 0 Å². The van der Waals surface area contributed by atoms with E-state index in [0.29, 0.717) is 10.8 Å². The molecule has 1 N–H and O–H groups in total. The van der Waals surface area contributed by atoms with Crippen LogP contribution in [0.3, 0.4) is 0 Å². The summed E-state index contributed by atoms with van der Waals surface area (Å²) in [5, 5.41) is 4.02. The molecule has 2 rings (SSSR count). The molecule has 124 valence electrons. The molecule has 1 aliphatic carbocycles. The third kappa shape index (κ3) is 5.56. The number of nitrogens with one attached hydrogen (secondary N) is 1. The second kappa shape index (κ2) is 6.58. The van der Waals surface area contributed by atoms with Crippen molar-refractivity contribution in [3.05, 3.63) is 0 Å². The van der Waals surface area contributed by atoms with Crippen molar-refractivity contribution < 1.29 is 0 Å². The summed E-state index contributed by atoms with van der Waals surface area (Å²) >= 11 is 0. The van der Waals surface area contributed by atoms with Gasteiger partial charge < -0.3 is 10.2 Å². The molecule has 2 nitrogen and oxygen atoms in total. The summed E-state index contributed by atoms with van der Waals surface area (Å²) < 4.78 is 0. The minimum Gasteiger partial charge on any atom is -0.311 e. The van der Waals surface area contributed by atoms with E-state index in [2.05, 4.69) is 51.8 Å². The van der Waals surface area contributed by atoms with Crippen molar-refractivity contribution in [1.29, 1.82) is 0 Å². The zero-order valence-corrected chi connectivity index (χ0v) is 15.3. The van der Waals surface area contributed by atoms with Crippen LogP contribution in [0.5, 0.6) is 0 Å². The second-order valence-corrected chi connectivity index (χ2v) is 9.75. The van der Waals surface area contributed by atoms with Crippen molar-refractivity contribution in [2.24, 2.45) is 16.7 Å². The Morgan fingerprint density at radius 1 is 0.952 bits per heavy atom. The lowest BCUT2D eigenvalue weighted by atomic mass is 9.63. The van der Waals surface area contributed by atoms with Crippen LogP contribution in [0.1, 0.15) is 73.6 Å². The maximum Gasteiger partial charge on any atom is 0.00940 e. The molecule has 1 saturated carbocycles. The predicted molar refractivity (Wildman–Crippen MR) is 92.6 cm³/mol. The Kier molecular flexibility index (Phi) is 5.41. The maximum atomic E-state index is 4.02. The summed E-state index contributed by atoms with van der Waals surface area (Å²) in [6.07, 6.45) is 6.74. The van der Waals surface area contributed by atoms with Crippen molar-refractivity contribution in [1.82, 2.24) is 10.2 Å². The minimum atomic E-state index is 0.498. The smallest absolute Gasteiger partial charge is 0.00940 e. The van der Waals surface area contributed by atoms with Crippen molar-refractivity contribution >= 4 is 0 Å². The number of hydrogen-bond acceptors (Lipinski definition) is 2. The van der Waals surface area contributed by atoms with E-state index in [9.17, 15) is 0 Å². The lowest BCUT2D eigenvalue weighted by Gasteiger charge is -2.47. The molecule has 1 aliphatic heterocycles. The Morgan fingerprint density at radius 2 is 1.48 bits per heavy atom. The Labute approximate surface area is 133 Å². The molecule has 2 aliphatic rings. The first-order valence-corrected chi connectivity index (χ1v) is 9.14. The van der Waals surface area contributed by atoms with Crippen molar-refractivity contribution in [2.45, 2.75) is 85.7 Å². The van der Waals surface area contributed by atoms with Crippen LogP contribution >= 0.6 is 0 Å². The summed E-state index contributed by atoms with van der Waals surface area (Å²) in [5.74, 6) is 0.800. The lowest BCUT2D eigenvalue weighted by molar-refractivity contribution is 0.0729. The van der Waals surface area contributed by atoms with Gasteiger partial charge in [0.15, 0.2) is 0 Å². The highest BCUT2D eigenvalue weighted by Crippen LogP contribution is 2.45. The van der Waals surface area contributed by atoms with Gasteiger partial charge in [-0.1, -0.05) is 41.5 Å². The second-order valence-electron chi connectivity index (χ2n) is 9.75.